The van der Waals surface area contributed by atoms with Crippen LogP contribution in [0.5, 0.6) is 0 Å². The maximum Gasteiger partial charge on any atom is 0.338 e. The number of para-hydroxylation sites is 1. The first-order valence-electron chi connectivity index (χ1n) is 9.65. The number of esters is 1. The number of carbonyl (C=O) groups excluding carboxylic acids is 4. The Morgan fingerprint density at radius 1 is 1.00 bits per heavy atom. The Morgan fingerprint density at radius 3 is 2.30 bits per heavy atom. The van der Waals surface area contributed by atoms with Crippen LogP contribution in [0.1, 0.15) is 46.2 Å². The molecule has 1 atom stereocenters. The first-order valence-corrected chi connectivity index (χ1v) is 9.65. The Bertz CT molecular complexity index is 1160. The van der Waals surface area contributed by atoms with Crippen molar-refractivity contribution in [3.05, 3.63) is 65.4 Å². The molecule has 1 N–H and O–H groups in total. The number of rotatable bonds is 5. The van der Waals surface area contributed by atoms with Gasteiger partial charge < -0.3 is 9.72 Å². The van der Waals surface area contributed by atoms with Crippen molar-refractivity contribution < 1.29 is 23.9 Å². The second-order valence-electron chi connectivity index (χ2n) is 7.25. The monoisotopic (exact) mass is 404 g/mol. The van der Waals surface area contributed by atoms with E-state index in [-0.39, 0.29) is 36.0 Å². The molecule has 2 aromatic carbocycles. The summed E-state index contributed by atoms with van der Waals surface area (Å²) in [6.45, 7) is 3.35. The second-order valence-corrected chi connectivity index (χ2v) is 7.25. The van der Waals surface area contributed by atoms with Gasteiger partial charge in [0, 0.05) is 35.0 Å². The fraction of sp³-hybridized carbons (Fsp3) is 0.217. The quantitative estimate of drug-likeness (QED) is 0.398. The minimum atomic E-state index is -0.975. The number of anilines is 1. The van der Waals surface area contributed by atoms with E-state index in [4.69, 9.17) is 4.74 Å². The predicted molar refractivity (Wildman–Crippen MR) is 110 cm³/mol. The maximum atomic E-state index is 12.9. The lowest BCUT2D eigenvalue weighted by molar-refractivity contribution is -0.121. The van der Waals surface area contributed by atoms with Crippen molar-refractivity contribution in [2.45, 2.75) is 32.8 Å². The zero-order valence-corrected chi connectivity index (χ0v) is 16.6. The number of benzene rings is 2. The topological polar surface area (TPSA) is 96.5 Å². The van der Waals surface area contributed by atoms with E-state index in [0.29, 0.717) is 16.9 Å². The molecule has 7 nitrogen and oxygen atoms in total. The average molecular weight is 404 g/mol. The molecule has 2 heterocycles. The summed E-state index contributed by atoms with van der Waals surface area (Å²) in [5, 5.41) is 0.784. The van der Waals surface area contributed by atoms with Crippen molar-refractivity contribution in [2.24, 2.45) is 0 Å². The average Bonchev–Trinajstić information content (AvgIpc) is 3.25. The van der Waals surface area contributed by atoms with Crippen molar-refractivity contribution in [1.29, 1.82) is 0 Å². The van der Waals surface area contributed by atoms with E-state index in [9.17, 15) is 19.2 Å². The molecule has 1 aromatic heterocycles. The first kappa shape index (κ1) is 19.6. The molecule has 0 saturated carbocycles. The number of aryl methyl sites for hydroxylation is 1. The normalized spacial score (nSPS) is 14.9. The highest BCUT2D eigenvalue weighted by Gasteiger charge is 2.30. The highest BCUT2D eigenvalue weighted by atomic mass is 16.5. The highest BCUT2D eigenvalue weighted by molar-refractivity contribution is 6.20. The lowest BCUT2D eigenvalue weighted by atomic mass is 10.0. The molecule has 152 valence electrons. The van der Waals surface area contributed by atoms with E-state index >= 15 is 0 Å². The van der Waals surface area contributed by atoms with Gasteiger partial charge in [-0.15, -0.1) is 0 Å². The third-order valence-corrected chi connectivity index (χ3v) is 5.21. The van der Waals surface area contributed by atoms with Gasteiger partial charge in [0.15, 0.2) is 6.10 Å². The smallest absolute Gasteiger partial charge is 0.338 e. The molecule has 1 unspecified atom stereocenters. The molecular formula is C23H20N2O5. The van der Waals surface area contributed by atoms with E-state index < -0.39 is 12.1 Å². The Kier molecular flexibility index (Phi) is 4.95. The van der Waals surface area contributed by atoms with Gasteiger partial charge in [-0.25, -0.2) is 4.79 Å². The fourth-order valence-corrected chi connectivity index (χ4v) is 3.69. The number of hydrogen-bond donors (Lipinski definition) is 1. The van der Waals surface area contributed by atoms with Crippen molar-refractivity contribution in [3.63, 3.8) is 0 Å². The molecule has 0 spiro atoms. The van der Waals surface area contributed by atoms with Crippen molar-refractivity contribution >= 4 is 40.2 Å². The molecule has 1 aliphatic heterocycles. The number of nitrogens with one attached hydrogen (secondary N) is 1. The molecule has 0 bridgehead atoms. The van der Waals surface area contributed by atoms with Gasteiger partial charge in [0.1, 0.15) is 0 Å². The number of H-pyrrole nitrogens is 1. The van der Waals surface area contributed by atoms with Crippen LogP contribution in [0, 0.1) is 6.92 Å². The van der Waals surface area contributed by atoms with Crippen molar-refractivity contribution in [3.8, 4) is 0 Å². The molecule has 1 fully saturated rings. The molecule has 2 amide bonds. The number of aromatic nitrogens is 1. The van der Waals surface area contributed by atoms with E-state index in [2.05, 4.69) is 4.98 Å². The highest BCUT2D eigenvalue weighted by Crippen LogP contribution is 2.25. The van der Waals surface area contributed by atoms with E-state index in [0.717, 1.165) is 15.8 Å². The van der Waals surface area contributed by atoms with Crippen LogP contribution in [-0.2, 0) is 14.3 Å². The number of imide groups is 1. The number of nitrogens with zero attached hydrogens (tertiary/aromatic N) is 1. The van der Waals surface area contributed by atoms with Crippen molar-refractivity contribution in [1.82, 2.24) is 4.98 Å². The third-order valence-electron chi connectivity index (χ3n) is 5.21. The fourth-order valence-electron chi connectivity index (χ4n) is 3.69. The van der Waals surface area contributed by atoms with Crippen LogP contribution in [0.25, 0.3) is 10.9 Å². The molecule has 3 aromatic rings. The SMILES string of the molecule is Cc1[nH]c2ccccc2c1C(=O)C(C)OC(=O)c1ccc(N2C(=O)CCC2=O)cc1. The number of carbonyl (C=O) groups is 4. The summed E-state index contributed by atoms with van der Waals surface area (Å²) >= 11 is 0. The molecule has 1 saturated heterocycles. The summed E-state index contributed by atoms with van der Waals surface area (Å²) in [5.74, 6) is -1.46. The minimum absolute atomic E-state index is 0.190. The maximum absolute atomic E-state index is 12.9. The summed E-state index contributed by atoms with van der Waals surface area (Å²) in [6.07, 6.45) is -0.595. The zero-order chi connectivity index (χ0) is 21.4. The van der Waals surface area contributed by atoms with Gasteiger partial charge >= 0.3 is 5.97 Å². The zero-order valence-electron chi connectivity index (χ0n) is 16.6. The Hall–Kier alpha value is -3.74. The van der Waals surface area contributed by atoms with E-state index in [1.54, 1.807) is 6.92 Å². The summed E-state index contributed by atoms with van der Waals surface area (Å²) in [6, 6.07) is 13.5. The number of fused-ring (bicyclic) bond motifs is 1. The number of ketones is 1. The van der Waals surface area contributed by atoms with Crippen LogP contribution in [0.2, 0.25) is 0 Å². The van der Waals surface area contributed by atoms with Crippen LogP contribution in [-0.4, -0.2) is 34.7 Å². The van der Waals surface area contributed by atoms with E-state index in [1.165, 1.54) is 31.2 Å². The number of hydrogen-bond acceptors (Lipinski definition) is 5. The van der Waals surface area contributed by atoms with Gasteiger partial charge in [0.25, 0.3) is 0 Å². The lowest BCUT2D eigenvalue weighted by Crippen LogP contribution is -2.28. The Labute approximate surface area is 172 Å². The van der Waals surface area contributed by atoms with Gasteiger partial charge in [-0.2, -0.15) is 0 Å². The molecule has 0 radical (unpaired) electrons. The summed E-state index contributed by atoms with van der Waals surface area (Å²) < 4.78 is 5.38. The van der Waals surface area contributed by atoms with E-state index in [1.807, 2.05) is 24.3 Å². The minimum Gasteiger partial charge on any atom is -0.451 e. The molecule has 7 heteroatoms. The molecular weight excluding hydrogens is 384 g/mol. The van der Waals surface area contributed by atoms with Gasteiger partial charge in [-0.3, -0.25) is 19.3 Å². The van der Waals surface area contributed by atoms with Crippen LogP contribution in [0.4, 0.5) is 5.69 Å². The van der Waals surface area contributed by atoms with Crippen molar-refractivity contribution in [2.75, 3.05) is 4.90 Å². The summed E-state index contributed by atoms with van der Waals surface area (Å²) in [4.78, 5) is 53.4. The first-order chi connectivity index (χ1) is 14.4. The van der Waals surface area contributed by atoms with Gasteiger partial charge in [-0.05, 0) is 44.2 Å². The molecule has 30 heavy (non-hydrogen) atoms. The second kappa shape index (κ2) is 7.59. The standard InChI is InChI=1S/C23H20N2O5/c1-13-21(17-5-3-4-6-18(17)24-13)22(28)14(2)30-23(29)15-7-9-16(10-8-15)25-19(26)11-12-20(25)27/h3-10,14,24H,11-12H2,1-2H3. The lowest BCUT2D eigenvalue weighted by Gasteiger charge is -2.15. The molecule has 4 rings (SSSR count). The largest absolute Gasteiger partial charge is 0.451 e. The van der Waals surface area contributed by atoms with Gasteiger partial charge in [-0.1, -0.05) is 18.2 Å². The molecule has 0 aliphatic carbocycles. The van der Waals surface area contributed by atoms with Gasteiger partial charge in [0.2, 0.25) is 17.6 Å². The molecule has 1 aliphatic rings. The Balaban J connectivity index is 1.49. The summed E-state index contributed by atoms with van der Waals surface area (Å²) in [7, 11) is 0. The Morgan fingerprint density at radius 2 is 1.63 bits per heavy atom. The van der Waals surface area contributed by atoms with Crippen LogP contribution in [0.15, 0.2) is 48.5 Å². The van der Waals surface area contributed by atoms with Gasteiger partial charge in [0.05, 0.1) is 11.3 Å². The van der Waals surface area contributed by atoms with Crippen LogP contribution < -0.4 is 4.90 Å². The number of ether oxygens (including phenoxy) is 1. The third kappa shape index (κ3) is 3.39. The van der Waals surface area contributed by atoms with Crippen LogP contribution in [0.3, 0.4) is 0 Å². The number of aromatic amines is 1. The predicted octanol–water partition coefficient (Wildman–Crippen LogP) is 3.56. The van der Waals surface area contributed by atoms with Crippen LogP contribution >= 0.6 is 0 Å². The number of amides is 2. The number of Topliss-reactive ketones (excluding diaryl/α,β-unsaturated/α-hetero) is 1. The summed E-state index contributed by atoms with van der Waals surface area (Å²) in [5.41, 5.74) is 2.71.